The van der Waals surface area contributed by atoms with E-state index in [2.05, 4.69) is 10.3 Å². The molecule has 0 radical (unpaired) electrons. The number of hydrogen-bond donors (Lipinski definition) is 1. The van der Waals surface area contributed by atoms with Crippen molar-refractivity contribution < 1.29 is 26.7 Å². The Bertz CT molecular complexity index is 1250. The standard InChI is InChI=1S/C21H21F2N3O4S2/c1-12-5-3-4-8-26(12)32(28,29)19-9-13(6-7-17(19)30-2)20(27)25-21-24-16-10-14(22)15(23)11-18(16)31-21/h6-7,9-12H,3-5,8H2,1-2H3,(H,24,25,27). The molecule has 32 heavy (non-hydrogen) atoms. The van der Waals surface area contributed by atoms with Crippen LogP contribution in [-0.2, 0) is 10.0 Å². The molecular weight excluding hydrogens is 460 g/mol. The summed E-state index contributed by atoms with van der Waals surface area (Å²) in [7, 11) is -2.51. The number of methoxy groups -OCH3 is 1. The Hall–Kier alpha value is -2.63. The maximum Gasteiger partial charge on any atom is 0.257 e. The van der Waals surface area contributed by atoms with E-state index in [1.807, 2.05) is 6.92 Å². The lowest BCUT2D eigenvalue weighted by atomic mass is 10.1. The monoisotopic (exact) mass is 481 g/mol. The number of halogens is 2. The molecule has 4 rings (SSSR count). The van der Waals surface area contributed by atoms with Crippen LogP contribution in [0.5, 0.6) is 5.75 Å². The summed E-state index contributed by atoms with van der Waals surface area (Å²) < 4.78 is 60.6. The van der Waals surface area contributed by atoms with Gasteiger partial charge in [-0.15, -0.1) is 0 Å². The van der Waals surface area contributed by atoms with Crippen LogP contribution in [0.15, 0.2) is 35.2 Å². The fraction of sp³-hybridized carbons (Fsp3) is 0.333. The van der Waals surface area contributed by atoms with E-state index in [9.17, 15) is 22.0 Å². The number of carbonyl (C=O) groups excluding carboxylic acids is 1. The minimum Gasteiger partial charge on any atom is -0.495 e. The molecule has 1 aliphatic rings. The van der Waals surface area contributed by atoms with Gasteiger partial charge in [-0.05, 0) is 44.0 Å². The molecule has 1 atom stereocenters. The number of sulfonamides is 1. The smallest absolute Gasteiger partial charge is 0.257 e. The number of piperidine rings is 1. The van der Waals surface area contributed by atoms with Crippen LogP contribution in [0.4, 0.5) is 13.9 Å². The van der Waals surface area contributed by atoms with Gasteiger partial charge in [-0.2, -0.15) is 4.31 Å². The minimum atomic E-state index is -3.88. The third kappa shape index (κ3) is 4.19. The second kappa shape index (κ2) is 8.72. The SMILES string of the molecule is COc1ccc(C(=O)Nc2nc3cc(F)c(F)cc3s2)cc1S(=O)(=O)N1CCCCC1C. The second-order valence-corrected chi connectivity index (χ2v) is 10.4. The third-order valence-electron chi connectivity index (χ3n) is 5.41. The van der Waals surface area contributed by atoms with E-state index >= 15 is 0 Å². The lowest BCUT2D eigenvalue weighted by Crippen LogP contribution is -2.42. The number of thiazole rings is 1. The van der Waals surface area contributed by atoms with E-state index < -0.39 is 27.6 Å². The quantitative estimate of drug-likeness (QED) is 0.584. The lowest BCUT2D eigenvalue weighted by molar-refractivity contribution is 0.102. The number of rotatable bonds is 5. The number of aromatic nitrogens is 1. The molecule has 0 bridgehead atoms. The zero-order chi connectivity index (χ0) is 23.0. The summed E-state index contributed by atoms with van der Waals surface area (Å²) in [5, 5.41) is 2.70. The number of fused-ring (bicyclic) bond motifs is 1. The third-order valence-corrected chi connectivity index (χ3v) is 8.37. The summed E-state index contributed by atoms with van der Waals surface area (Å²) in [5.41, 5.74) is 0.298. The molecule has 7 nitrogen and oxygen atoms in total. The van der Waals surface area contributed by atoms with Crippen molar-refractivity contribution in [2.75, 3.05) is 19.0 Å². The minimum absolute atomic E-state index is 0.0881. The number of nitrogens with zero attached hydrogens (tertiary/aromatic N) is 2. The van der Waals surface area contributed by atoms with Crippen molar-refractivity contribution in [1.29, 1.82) is 0 Å². The molecule has 2 heterocycles. The van der Waals surface area contributed by atoms with E-state index in [1.165, 1.54) is 29.6 Å². The van der Waals surface area contributed by atoms with Gasteiger partial charge in [0.05, 0.1) is 17.3 Å². The summed E-state index contributed by atoms with van der Waals surface area (Å²) in [5.74, 6) is -2.49. The van der Waals surface area contributed by atoms with Crippen LogP contribution in [0, 0.1) is 11.6 Å². The average Bonchev–Trinajstić information content (AvgIpc) is 3.14. The molecule has 1 aliphatic heterocycles. The van der Waals surface area contributed by atoms with Gasteiger partial charge >= 0.3 is 0 Å². The van der Waals surface area contributed by atoms with Crippen LogP contribution in [0.2, 0.25) is 0 Å². The van der Waals surface area contributed by atoms with Crippen LogP contribution in [0.3, 0.4) is 0 Å². The molecular formula is C21H21F2N3O4S2. The van der Waals surface area contributed by atoms with Gasteiger partial charge in [0.25, 0.3) is 5.91 Å². The van der Waals surface area contributed by atoms with Crippen molar-refractivity contribution in [1.82, 2.24) is 9.29 Å². The number of anilines is 1. The summed E-state index contributed by atoms with van der Waals surface area (Å²) >= 11 is 0.983. The highest BCUT2D eigenvalue weighted by Gasteiger charge is 2.33. The molecule has 1 aromatic heterocycles. The van der Waals surface area contributed by atoms with Gasteiger partial charge in [0.15, 0.2) is 16.8 Å². The number of carbonyl (C=O) groups is 1. The van der Waals surface area contributed by atoms with Gasteiger partial charge in [0, 0.05) is 24.2 Å². The summed E-state index contributed by atoms with van der Waals surface area (Å²) in [6, 6.07) is 5.96. The Morgan fingerprint density at radius 3 is 2.69 bits per heavy atom. The molecule has 0 aliphatic carbocycles. The second-order valence-electron chi connectivity index (χ2n) is 7.53. The maximum atomic E-state index is 13.4. The number of benzene rings is 2. The van der Waals surface area contributed by atoms with Crippen molar-refractivity contribution in [3.63, 3.8) is 0 Å². The van der Waals surface area contributed by atoms with E-state index in [0.717, 1.165) is 42.7 Å². The van der Waals surface area contributed by atoms with E-state index in [-0.39, 0.29) is 32.9 Å². The summed E-state index contributed by atoms with van der Waals surface area (Å²) in [6.45, 7) is 2.26. The molecule has 3 aromatic rings. The summed E-state index contributed by atoms with van der Waals surface area (Å²) in [4.78, 5) is 16.8. The van der Waals surface area contributed by atoms with Crippen LogP contribution in [0.1, 0.15) is 36.5 Å². The number of ether oxygens (including phenoxy) is 1. The van der Waals surface area contributed by atoms with E-state index in [1.54, 1.807) is 0 Å². The van der Waals surface area contributed by atoms with E-state index in [0.29, 0.717) is 11.2 Å². The Balaban J connectivity index is 1.65. The Labute approximate surface area is 188 Å². The van der Waals surface area contributed by atoms with Crippen molar-refractivity contribution in [2.45, 2.75) is 37.1 Å². The van der Waals surface area contributed by atoms with Crippen LogP contribution in [-0.4, -0.2) is 43.3 Å². The van der Waals surface area contributed by atoms with Crippen molar-refractivity contribution in [2.24, 2.45) is 0 Å². The topological polar surface area (TPSA) is 88.6 Å². The van der Waals surface area contributed by atoms with Crippen LogP contribution >= 0.6 is 11.3 Å². The van der Waals surface area contributed by atoms with Gasteiger partial charge in [-0.3, -0.25) is 10.1 Å². The first-order valence-electron chi connectivity index (χ1n) is 9.97. The Kier molecular flexibility index (Phi) is 6.15. The molecule has 1 saturated heterocycles. The molecule has 2 aromatic carbocycles. The lowest BCUT2D eigenvalue weighted by Gasteiger charge is -2.32. The summed E-state index contributed by atoms with van der Waals surface area (Å²) in [6.07, 6.45) is 2.49. The Morgan fingerprint density at radius 2 is 1.97 bits per heavy atom. The molecule has 0 spiro atoms. The van der Waals surface area contributed by atoms with Gasteiger partial charge < -0.3 is 4.74 Å². The van der Waals surface area contributed by atoms with Gasteiger partial charge in [0.2, 0.25) is 10.0 Å². The zero-order valence-electron chi connectivity index (χ0n) is 17.4. The molecule has 1 unspecified atom stereocenters. The number of hydrogen-bond acceptors (Lipinski definition) is 6. The largest absolute Gasteiger partial charge is 0.495 e. The molecule has 1 N–H and O–H groups in total. The molecule has 0 saturated carbocycles. The fourth-order valence-electron chi connectivity index (χ4n) is 3.72. The van der Waals surface area contributed by atoms with Crippen molar-refractivity contribution in [3.05, 3.63) is 47.5 Å². The number of amides is 1. The first kappa shape index (κ1) is 22.6. The first-order chi connectivity index (χ1) is 15.2. The first-order valence-corrected chi connectivity index (χ1v) is 12.2. The van der Waals surface area contributed by atoms with Crippen molar-refractivity contribution >= 4 is 42.6 Å². The highest BCUT2D eigenvalue weighted by Crippen LogP contribution is 2.32. The predicted octanol–water partition coefficient (Wildman–Crippen LogP) is 4.40. The van der Waals surface area contributed by atoms with Crippen LogP contribution < -0.4 is 10.1 Å². The predicted molar refractivity (Wildman–Crippen MR) is 118 cm³/mol. The van der Waals surface area contributed by atoms with Crippen LogP contribution in [0.25, 0.3) is 10.2 Å². The van der Waals surface area contributed by atoms with Gasteiger partial charge in [0.1, 0.15) is 10.6 Å². The van der Waals surface area contributed by atoms with Crippen molar-refractivity contribution in [3.8, 4) is 5.75 Å². The van der Waals surface area contributed by atoms with E-state index in [4.69, 9.17) is 4.74 Å². The average molecular weight is 482 g/mol. The fourth-order valence-corrected chi connectivity index (χ4v) is 6.47. The number of nitrogens with one attached hydrogen (secondary N) is 1. The van der Waals surface area contributed by atoms with Gasteiger partial charge in [-0.25, -0.2) is 22.2 Å². The highest BCUT2D eigenvalue weighted by atomic mass is 32.2. The zero-order valence-corrected chi connectivity index (χ0v) is 19.0. The molecule has 11 heteroatoms. The molecule has 170 valence electrons. The molecule has 1 fully saturated rings. The normalized spacial score (nSPS) is 17.4. The van der Waals surface area contributed by atoms with Gasteiger partial charge in [-0.1, -0.05) is 17.8 Å². The Morgan fingerprint density at radius 1 is 1.22 bits per heavy atom. The molecule has 1 amide bonds. The maximum absolute atomic E-state index is 13.4. The highest BCUT2D eigenvalue weighted by molar-refractivity contribution is 7.89.